The number of methoxy groups -OCH3 is 1. The summed E-state index contributed by atoms with van der Waals surface area (Å²) >= 11 is 0. The van der Waals surface area contributed by atoms with E-state index in [1.807, 2.05) is 0 Å². The molecule has 27 heavy (non-hydrogen) atoms. The van der Waals surface area contributed by atoms with Crippen LogP contribution in [0.5, 0.6) is 5.75 Å². The Morgan fingerprint density at radius 1 is 1.07 bits per heavy atom. The normalized spacial score (nSPS) is 10.7. The van der Waals surface area contributed by atoms with Crippen molar-refractivity contribution < 1.29 is 27.1 Å². The van der Waals surface area contributed by atoms with Crippen LogP contribution in [0, 0.1) is 17.5 Å². The number of rotatable bonds is 6. The molecular formula is C18H14F3N3O3. The Bertz CT molecular complexity index is 958. The van der Waals surface area contributed by atoms with Crippen molar-refractivity contribution in [3.05, 3.63) is 65.3 Å². The summed E-state index contributed by atoms with van der Waals surface area (Å²) in [5.41, 5.74) is 0.112. The summed E-state index contributed by atoms with van der Waals surface area (Å²) in [6.45, 7) is 0.0432. The van der Waals surface area contributed by atoms with E-state index in [-0.39, 0.29) is 18.9 Å². The van der Waals surface area contributed by atoms with Crippen LogP contribution in [0.1, 0.15) is 16.2 Å². The fourth-order valence-corrected chi connectivity index (χ4v) is 2.28. The first-order valence-electron chi connectivity index (χ1n) is 7.88. The van der Waals surface area contributed by atoms with Gasteiger partial charge in [-0.15, -0.1) is 10.2 Å². The molecule has 0 saturated carbocycles. The number of nitrogens with zero attached hydrogens (tertiary/aromatic N) is 2. The predicted molar refractivity (Wildman–Crippen MR) is 88.6 cm³/mol. The minimum absolute atomic E-state index is 0.0432. The minimum Gasteiger partial charge on any atom is -0.497 e. The van der Waals surface area contributed by atoms with Gasteiger partial charge in [0, 0.05) is 18.5 Å². The number of benzene rings is 2. The van der Waals surface area contributed by atoms with Gasteiger partial charge in [-0.3, -0.25) is 4.79 Å². The van der Waals surface area contributed by atoms with Crippen molar-refractivity contribution in [2.24, 2.45) is 0 Å². The molecule has 0 atom stereocenters. The van der Waals surface area contributed by atoms with Gasteiger partial charge in [0.05, 0.1) is 12.7 Å². The number of carbonyl (C=O) groups excluding carboxylic acids is 1. The molecule has 1 N–H and O–H groups in total. The third-order valence-electron chi connectivity index (χ3n) is 3.71. The van der Waals surface area contributed by atoms with E-state index >= 15 is 0 Å². The standard InChI is InChI=1S/C18H14F3N3O3/c1-26-11-4-2-10(3-5-11)18-24-23-14(27-18)8-9-22-17(25)12-6-7-13(19)16(21)15(12)20/h2-7H,8-9H2,1H3,(H,22,25). The first-order chi connectivity index (χ1) is 13.0. The number of carbonyl (C=O) groups is 1. The van der Waals surface area contributed by atoms with Crippen LogP contribution in [-0.4, -0.2) is 29.8 Å². The van der Waals surface area contributed by atoms with Crippen LogP contribution in [0.2, 0.25) is 0 Å². The van der Waals surface area contributed by atoms with Crippen LogP contribution in [-0.2, 0) is 6.42 Å². The van der Waals surface area contributed by atoms with E-state index in [9.17, 15) is 18.0 Å². The lowest BCUT2D eigenvalue weighted by Gasteiger charge is -2.05. The average molecular weight is 377 g/mol. The lowest BCUT2D eigenvalue weighted by molar-refractivity contribution is 0.0948. The maximum absolute atomic E-state index is 13.6. The highest BCUT2D eigenvalue weighted by molar-refractivity contribution is 5.94. The quantitative estimate of drug-likeness (QED) is 0.668. The van der Waals surface area contributed by atoms with Crippen molar-refractivity contribution in [2.45, 2.75) is 6.42 Å². The maximum Gasteiger partial charge on any atom is 0.254 e. The summed E-state index contributed by atoms with van der Waals surface area (Å²) in [7, 11) is 1.56. The molecule has 0 unspecified atom stereocenters. The van der Waals surface area contributed by atoms with E-state index < -0.39 is 28.9 Å². The Hall–Kier alpha value is -3.36. The second-order valence-corrected chi connectivity index (χ2v) is 5.46. The van der Waals surface area contributed by atoms with E-state index in [1.54, 1.807) is 31.4 Å². The molecule has 2 aromatic carbocycles. The summed E-state index contributed by atoms with van der Waals surface area (Å²) < 4.78 is 50.2. The van der Waals surface area contributed by atoms with Crippen molar-refractivity contribution in [2.75, 3.05) is 13.7 Å². The summed E-state index contributed by atoms with van der Waals surface area (Å²) in [6.07, 6.45) is 0.181. The second-order valence-electron chi connectivity index (χ2n) is 5.46. The molecule has 3 aromatic rings. The largest absolute Gasteiger partial charge is 0.497 e. The number of aromatic nitrogens is 2. The molecule has 1 amide bonds. The van der Waals surface area contributed by atoms with Crippen molar-refractivity contribution in [1.82, 2.24) is 15.5 Å². The Balaban J connectivity index is 1.59. The molecule has 9 heteroatoms. The third kappa shape index (κ3) is 4.08. The average Bonchev–Trinajstić information content (AvgIpc) is 3.15. The Kier molecular flexibility index (Phi) is 5.39. The number of halogens is 3. The molecule has 0 radical (unpaired) electrons. The molecule has 3 rings (SSSR count). The van der Waals surface area contributed by atoms with E-state index in [0.717, 1.165) is 6.07 Å². The second kappa shape index (κ2) is 7.90. The topological polar surface area (TPSA) is 77.3 Å². The summed E-state index contributed by atoms with van der Waals surface area (Å²) in [4.78, 5) is 11.9. The van der Waals surface area contributed by atoms with Gasteiger partial charge in [0.15, 0.2) is 17.5 Å². The van der Waals surface area contributed by atoms with Crippen LogP contribution in [0.4, 0.5) is 13.2 Å². The van der Waals surface area contributed by atoms with Crippen LogP contribution in [0.25, 0.3) is 11.5 Å². The van der Waals surface area contributed by atoms with Gasteiger partial charge in [-0.05, 0) is 36.4 Å². The lowest BCUT2D eigenvalue weighted by atomic mass is 10.2. The fourth-order valence-electron chi connectivity index (χ4n) is 2.28. The molecular weight excluding hydrogens is 363 g/mol. The predicted octanol–water partition coefficient (Wildman–Crippen LogP) is 3.14. The first kappa shape index (κ1) is 18.4. The van der Waals surface area contributed by atoms with Gasteiger partial charge in [0.1, 0.15) is 5.75 Å². The van der Waals surface area contributed by atoms with Gasteiger partial charge in [0.25, 0.3) is 5.91 Å². The number of amides is 1. The highest BCUT2D eigenvalue weighted by Crippen LogP contribution is 2.21. The number of hydrogen-bond donors (Lipinski definition) is 1. The lowest BCUT2D eigenvalue weighted by Crippen LogP contribution is -2.27. The number of ether oxygens (including phenoxy) is 1. The summed E-state index contributed by atoms with van der Waals surface area (Å²) in [5.74, 6) is -4.22. The van der Waals surface area contributed by atoms with E-state index in [2.05, 4.69) is 15.5 Å². The van der Waals surface area contributed by atoms with Crippen molar-refractivity contribution >= 4 is 5.91 Å². The smallest absolute Gasteiger partial charge is 0.254 e. The van der Waals surface area contributed by atoms with Crippen LogP contribution in [0.3, 0.4) is 0 Å². The molecule has 0 aliphatic rings. The van der Waals surface area contributed by atoms with Crippen LogP contribution >= 0.6 is 0 Å². The molecule has 1 aromatic heterocycles. The van der Waals surface area contributed by atoms with Crippen molar-refractivity contribution in [3.63, 3.8) is 0 Å². The van der Waals surface area contributed by atoms with E-state index in [4.69, 9.17) is 9.15 Å². The zero-order valence-electron chi connectivity index (χ0n) is 14.1. The Morgan fingerprint density at radius 3 is 2.52 bits per heavy atom. The zero-order valence-corrected chi connectivity index (χ0v) is 14.1. The SMILES string of the molecule is COc1ccc(-c2nnc(CCNC(=O)c3ccc(F)c(F)c3F)o2)cc1. The Morgan fingerprint density at radius 2 is 1.81 bits per heavy atom. The van der Waals surface area contributed by atoms with Crippen molar-refractivity contribution in [1.29, 1.82) is 0 Å². The fraction of sp³-hybridized carbons (Fsp3) is 0.167. The molecule has 0 fully saturated rings. The van der Waals surface area contributed by atoms with Crippen LogP contribution in [0.15, 0.2) is 40.8 Å². The highest BCUT2D eigenvalue weighted by atomic mass is 19.2. The van der Waals surface area contributed by atoms with Gasteiger partial charge >= 0.3 is 0 Å². The monoisotopic (exact) mass is 377 g/mol. The minimum atomic E-state index is -1.69. The number of nitrogens with one attached hydrogen (secondary N) is 1. The van der Waals surface area contributed by atoms with Crippen molar-refractivity contribution in [3.8, 4) is 17.2 Å². The summed E-state index contributed by atoms with van der Waals surface area (Å²) in [5, 5.41) is 10.2. The molecule has 0 saturated heterocycles. The van der Waals surface area contributed by atoms with Gasteiger partial charge in [-0.25, -0.2) is 13.2 Å². The highest BCUT2D eigenvalue weighted by Gasteiger charge is 2.18. The molecule has 0 aliphatic carbocycles. The van der Waals surface area contributed by atoms with E-state index in [1.165, 1.54) is 0 Å². The third-order valence-corrected chi connectivity index (χ3v) is 3.71. The molecule has 140 valence electrons. The number of hydrogen-bond acceptors (Lipinski definition) is 5. The molecule has 1 heterocycles. The Labute approximate surface area is 152 Å². The maximum atomic E-state index is 13.6. The molecule has 0 spiro atoms. The van der Waals surface area contributed by atoms with Gasteiger partial charge in [-0.1, -0.05) is 0 Å². The summed E-state index contributed by atoms with van der Waals surface area (Å²) in [6, 6.07) is 8.56. The molecule has 0 aliphatic heterocycles. The van der Waals surface area contributed by atoms with Gasteiger partial charge < -0.3 is 14.5 Å². The first-order valence-corrected chi connectivity index (χ1v) is 7.88. The molecule has 0 bridgehead atoms. The van der Waals surface area contributed by atoms with Crippen LogP contribution < -0.4 is 10.1 Å². The zero-order chi connectivity index (χ0) is 19.4. The van der Waals surface area contributed by atoms with Gasteiger partial charge in [0.2, 0.25) is 11.8 Å². The van der Waals surface area contributed by atoms with E-state index in [0.29, 0.717) is 23.3 Å². The molecule has 6 nitrogen and oxygen atoms in total. The van der Waals surface area contributed by atoms with Gasteiger partial charge in [-0.2, -0.15) is 0 Å².